The fourth-order valence-corrected chi connectivity index (χ4v) is 7.20. The van der Waals surface area contributed by atoms with Crippen LogP contribution in [0.4, 0.5) is 5.69 Å². The number of nitrogens with one attached hydrogen (secondary N) is 1. The molecule has 0 spiro atoms. The van der Waals surface area contributed by atoms with Crippen LogP contribution in [0.15, 0.2) is 17.0 Å². The molecule has 2 aliphatic rings. The van der Waals surface area contributed by atoms with Crippen LogP contribution in [0.1, 0.15) is 37.0 Å². The second-order valence-corrected chi connectivity index (χ2v) is 13.2. The number of anilines is 1. The van der Waals surface area contributed by atoms with Gasteiger partial charge in [0, 0.05) is 18.9 Å². The number of aliphatic hydroxyl groups excluding tert-OH is 2. The number of likely N-dealkylation sites (N-methyl/N-ethyl adjacent to an activating group) is 1. The minimum absolute atomic E-state index is 0.0345. The van der Waals surface area contributed by atoms with Gasteiger partial charge in [0.2, 0.25) is 6.23 Å². The molecular formula is C23H36N3O13S2+. The van der Waals surface area contributed by atoms with Crippen molar-refractivity contribution in [2.45, 2.75) is 68.3 Å². The smallest absolute Gasteiger partial charge is 0.397 e. The van der Waals surface area contributed by atoms with E-state index in [1.807, 2.05) is 0 Å². The van der Waals surface area contributed by atoms with Gasteiger partial charge in [-0.25, -0.2) is 17.4 Å². The van der Waals surface area contributed by atoms with E-state index in [0.29, 0.717) is 19.4 Å². The molecule has 2 fully saturated rings. The number of aliphatic hydroxyl groups is 2. The molecular weight excluding hydrogens is 590 g/mol. The van der Waals surface area contributed by atoms with Crippen molar-refractivity contribution in [3.63, 3.8) is 0 Å². The number of carbonyl (C=O) groups excluding carboxylic acids is 1. The van der Waals surface area contributed by atoms with Gasteiger partial charge in [0.1, 0.15) is 24.0 Å². The summed E-state index contributed by atoms with van der Waals surface area (Å²) in [5.41, 5.74) is 5.71. The van der Waals surface area contributed by atoms with Gasteiger partial charge in [0.15, 0.2) is 22.0 Å². The molecule has 18 heteroatoms. The predicted octanol–water partition coefficient (Wildman–Crippen LogP) is -1.48. The van der Waals surface area contributed by atoms with Crippen LogP contribution >= 0.6 is 0 Å². The number of nitrogen functional groups attached to an aromatic ring is 1. The molecule has 7 N–H and O–H groups in total. The summed E-state index contributed by atoms with van der Waals surface area (Å²) in [5, 5.41) is 33.8. The van der Waals surface area contributed by atoms with Crippen LogP contribution in [0.2, 0.25) is 0 Å². The van der Waals surface area contributed by atoms with Crippen molar-refractivity contribution in [3.8, 4) is 5.75 Å². The van der Waals surface area contributed by atoms with Gasteiger partial charge < -0.3 is 35.8 Å². The van der Waals surface area contributed by atoms with Gasteiger partial charge in [0.25, 0.3) is 5.91 Å². The molecule has 2 heterocycles. The average Bonchev–Trinajstić information content (AvgIpc) is 3.32. The molecule has 0 radical (unpaired) electrons. The summed E-state index contributed by atoms with van der Waals surface area (Å²) in [7, 11) is -7.68. The summed E-state index contributed by atoms with van der Waals surface area (Å²) in [6, 6.07) is 1.86. The number of quaternary nitrogens is 1. The molecule has 2 saturated heterocycles. The Balaban J connectivity index is 1.93. The summed E-state index contributed by atoms with van der Waals surface area (Å²) in [4.78, 5) is 24.9. The molecule has 0 aromatic heterocycles. The van der Waals surface area contributed by atoms with Gasteiger partial charge in [0.05, 0.1) is 48.6 Å². The second kappa shape index (κ2) is 12.3. The van der Waals surface area contributed by atoms with Crippen LogP contribution in [0, 0.1) is 0 Å². The molecule has 0 aliphatic carbocycles. The Morgan fingerprint density at radius 2 is 1.83 bits per heavy atom. The molecule has 7 atom stereocenters. The first-order valence-corrected chi connectivity index (χ1v) is 15.8. The molecule has 7 unspecified atom stereocenters. The van der Waals surface area contributed by atoms with Gasteiger partial charge in [-0.2, -0.15) is 8.42 Å². The van der Waals surface area contributed by atoms with E-state index in [0.717, 1.165) is 6.07 Å². The maximum Gasteiger partial charge on any atom is 0.397 e. The highest BCUT2D eigenvalue weighted by Gasteiger charge is 2.59. The number of sulfone groups is 1. The van der Waals surface area contributed by atoms with E-state index >= 15 is 0 Å². The summed E-state index contributed by atoms with van der Waals surface area (Å²) in [5.74, 6) is -2.55. The average molecular weight is 627 g/mol. The Morgan fingerprint density at radius 3 is 2.37 bits per heavy atom. The third-order valence-electron chi connectivity index (χ3n) is 7.76. The van der Waals surface area contributed by atoms with Crippen molar-refractivity contribution >= 4 is 37.8 Å². The SMILES string of the molecule is CC[N+]1(C2OC(C(=O)O)C(O)C(OS(=O)(=O)O)C2O)CCCC1CNC(=O)c1cc(S(=O)(=O)CC)c(N)cc1OC. The van der Waals surface area contributed by atoms with Crippen LogP contribution in [0.5, 0.6) is 5.75 Å². The van der Waals surface area contributed by atoms with Crippen LogP contribution in [0.25, 0.3) is 0 Å². The van der Waals surface area contributed by atoms with Crippen molar-refractivity contribution in [1.82, 2.24) is 5.32 Å². The Labute approximate surface area is 237 Å². The lowest BCUT2D eigenvalue weighted by molar-refractivity contribution is -0.985. The largest absolute Gasteiger partial charge is 0.496 e. The fraction of sp³-hybridized carbons (Fsp3) is 0.652. The zero-order valence-electron chi connectivity index (χ0n) is 22.7. The van der Waals surface area contributed by atoms with Crippen molar-refractivity contribution in [3.05, 3.63) is 17.7 Å². The fourth-order valence-electron chi connectivity index (χ4n) is 5.66. The van der Waals surface area contributed by atoms with Crippen LogP contribution < -0.4 is 15.8 Å². The topological polar surface area (TPSA) is 249 Å². The number of methoxy groups -OCH3 is 1. The quantitative estimate of drug-likeness (QED) is 0.0931. The number of nitrogens with two attached hydrogens (primary N) is 1. The van der Waals surface area contributed by atoms with E-state index in [4.69, 9.17) is 15.2 Å². The van der Waals surface area contributed by atoms with E-state index in [2.05, 4.69) is 9.50 Å². The number of hydrogen-bond donors (Lipinski definition) is 6. The predicted molar refractivity (Wildman–Crippen MR) is 141 cm³/mol. The Morgan fingerprint density at radius 1 is 1.17 bits per heavy atom. The number of nitrogens with zero attached hydrogens (tertiary/aromatic N) is 1. The maximum absolute atomic E-state index is 13.3. The first-order valence-electron chi connectivity index (χ1n) is 12.8. The molecule has 1 aromatic carbocycles. The number of likely N-dealkylation sites (tertiary alicyclic amines) is 1. The summed E-state index contributed by atoms with van der Waals surface area (Å²) >= 11 is 0. The third-order valence-corrected chi connectivity index (χ3v) is 10.0. The summed E-state index contributed by atoms with van der Waals surface area (Å²) < 4.78 is 72.2. The van der Waals surface area contributed by atoms with Gasteiger partial charge >= 0.3 is 16.4 Å². The lowest BCUT2D eigenvalue weighted by atomic mass is 9.95. The van der Waals surface area contributed by atoms with Gasteiger partial charge in [-0.05, 0) is 13.0 Å². The van der Waals surface area contributed by atoms with Crippen LogP contribution in [-0.4, -0.2) is 122 Å². The molecule has 41 heavy (non-hydrogen) atoms. The van der Waals surface area contributed by atoms with Crippen molar-refractivity contribution in [2.24, 2.45) is 0 Å². The van der Waals surface area contributed by atoms with E-state index in [1.54, 1.807) is 6.92 Å². The minimum atomic E-state index is -5.20. The number of amides is 1. The molecule has 3 rings (SSSR count). The van der Waals surface area contributed by atoms with E-state index in [-0.39, 0.29) is 45.2 Å². The highest BCUT2D eigenvalue weighted by Crippen LogP contribution is 2.38. The first kappa shape index (κ1) is 32.9. The lowest BCUT2D eigenvalue weighted by Gasteiger charge is -2.51. The van der Waals surface area contributed by atoms with Gasteiger partial charge in [-0.15, -0.1) is 0 Å². The molecule has 232 valence electrons. The molecule has 2 aliphatic heterocycles. The minimum Gasteiger partial charge on any atom is -0.496 e. The zero-order chi connectivity index (χ0) is 30.9. The summed E-state index contributed by atoms with van der Waals surface area (Å²) in [6.07, 6.45) is -8.48. The van der Waals surface area contributed by atoms with Gasteiger partial charge in [-0.1, -0.05) is 6.92 Å². The van der Waals surface area contributed by atoms with E-state index in [9.17, 15) is 46.3 Å². The molecule has 16 nitrogen and oxygen atoms in total. The molecule has 1 aromatic rings. The standard InChI is InChI=1S/C23H35N3O13S2/c1-4-26(22-18(28)19(39-41(34,35)36)17(27)20(38-22)23(30)31)8-6-7-12(26)11-25-21(29)13-9-16(40(32,33)5-2)14(24)10-15(13)37-3/h9-10,12,17-20,22,27-28H,4-8,11H2,1-3H3,(H4-,24,25,29,30,31,34,35,36)/p+1. The number of benzene rings is 1. The highest BCUT2D eigenvalue weighted by atomic mass is 32.3. The Kier molecular flexibility index (Phi) is 9.91. The van der Waals surface area contributed by atoms with Gasteiger partial charge in [-0.3, -0.25) is 13.8 Å². The maximum atomic E-state index is 13.3. The van der Waals surface area contributed by atoms with Crippen LogP contribution in [0.3, 0.4) is 0 Å². The van der Waals surface area contributed by atoms with Crippen molar-refractivity contribution in [2.75, 3.05) is 38.2 Å². The monoisotopic (exact) mass is 626 g/mol. The normalized spacial score (nSPS) is 30.6. The third kappa shape index (κ3) is 6.59. The number of carboxylic acid groups (broad SMARTS) is 1. The summed E-state index contributed by atoms with van der Waals surface area (Å²) in [6.45, 7) is 3.66. The van der Waals surface area contributed by atoms with Crippen molar-refractivity contribution < 1.29 is 64.4 Å². The second-order valence-electron chi connectivity index (χ2n) is 9.90. The lowest BCUT2D eigenvalue weighted by Crippen LogP contribution is -2.73. The zero-order valence-corrected chi connectivity index (χ0v) is 24.3. The molecule has 0 saturated carbocycles. The Hall–Kier alpha value is -2.58. The van der Waals surface area contributed by atoms with E-state index < -0.39 is 68.8 Å². The van der Waals surface area contributed by atoms with Crippen molar-refractivity contribution in [1.29, 1.82) is 0 Å². The number of hydrogen-bond acceptors (Lipinski definition) is 12. The number of aliphatic carboxylic acids is 1. The van der Waals surface area contributed by atoms with E-state index in [1.165, 1.54) is 20.1 Å². The number of carboxylic acids is 1. The number of ether oxygens (including phenoxy) is 2. The van der Waals surface area contributed by atoms with Crippen LogP contribution in [-0.2, 0) is 34.0 Å². The first-order chi connectivity index (χ1) is 19.0. The molecule has 0 bridgehead atoms. The Bertz CT molecular complexity index is 1370. The molecule has 1 amide bonds. The number of rotatable bonds is 11. The number of carbonyl (C=O) groups is 2. The highest BCUT2D eigenvalue weighted by molar-refractivity contribution is 7.91.